The van der Waals surface area contributed by atoms with Crippen LogP contribution in [-0.2, 0) is 16.4 Å². The molecule has 1 aromatic carbocycles. The fourth-order valence-corrected chi connectivity index (χ4v) is 4.28. The van der Waals surface area contributed by atoms with E-state index in [0.717, 1.165) is 11.3 Å². The van der Waals surface area contributed by atoms with Gasteiger partial charge < -0.3 is 10.2 Å². The summed E-state index contributed by atoms with van der Waals surface area (Å²) in [7, 11) is 0.760. The number of rotatable bonds is 4. The molecule has 1 aliphatic rings. The molecule has 1 fully saturated rings. The summed E-state index contributed by atoms with van der Waals surface area (Å²) in [5, 5.41) is 3.00. The van der Waals surface area contributed by atoms with E-state index in [1.54, 1.807) is 13.1 Å². The molecule has 4 nitrogen and oxygen atoms in total. The molecular formula is C13H19FN2O2S. The first-order chi connectivity index (χ1) is 8.93. The lowest BCUT2D eigenvalue weighted by Crippen LogP contribution is -2.33. The van der Waals surface area contributed by atoms with Gasteiger partial charge in [-0.15, -0.1) is 0 Å². The zero-order valence-electron chi connectivity index (χ0n) is 11.2. The zero-order chi connectivity index (χ0) is 14.0. The Balaban J connectivity index is 2.26. The van der Waals surface area contributed by atoms with Gasteiger partial charge in [-0.25, -0.2) is 12.8 Å². The summed E-state index contributed by atoms with van der Waals surface area (Å²) in [5.41, 5.74) is 1.73. The minimum absolute atomic E-state index is 0.0222. The van der Waals surface area contributed by atoms with Crippen molar-refractivity contribution in [1.29, 1.82) is 0 Å². The van der Waals surface area contributed by atoms with E-state index in [1.165, 1.54) is 12.1 Å². The largest absolute Gasteiger partial charge is 0.370 e. The van der Waals surface area contributed by atoms with Crippen molar-refractivity contribution in [2.24, 2.45) is 0 Å². The highest BCUT2D eigenvalue weighted by molar-refractivity contribution is 7.91. The molecule has 2 rings (SSSR count). The van der Waals surface area contributed by atoms with Crippen LogP contribution >= 0.6 is 0 Å². The molecule has 0 amide bonds. The summed E-state index contributed by atoms with van der Waals surface area (Å²) in [6.07, 6.45) is 0.634. The van der Waals surface area contributed by atoms with Crippen LogP contribution in [0, 0.1) is 5.82 Å². The molecule has 0 aliphatic carbocycles. The first kappa shape index (κ1) is 14.3. The molecule has 1 atom stereocenters. The van der Waals surface area contributed by atoms with Gasteiger partial charge in [0.25, 0.3) is 0 Å². The Kier molecular flexibility index (Phi) is 4.10. The Morgan fingerprint density at radius 1 is 1.47 bits per heavy atom. The lowest BCUT2D eigenvalue weighted by Gasteiger charge is -2.28. The van der Waals surface area contributed by atoms with Gasteiger partial charge >= 0.3 is 0 Å². The smallest absolute Gasteiger partial charge is 0.152 e. The van der Waals surface area contributed by atoms with Crippen molar-refractivity contribution in [3.05, 3.63) is 29.6 Å². The molecule has 1 unspecified atom stereocenters. The molecule has 6 heteroatoms. The lowest BCUT2D eigenvalue weighted by molar-refractivity contribution is 0.600. The first-order valence-corrected chi connectivity index (χ1v) is 8.11. The molecule has 0 aromatic heterocycles. The number of benzene rings is 1. The Labute approximate surface area is 113 Å². The third-order valence-corrected chi connectivity index (χ3v) is 5.30. The highest BCUT2D eigenvalue weighted by Crippen LogP contribution is 2.26. The minimum Gasteiger partial charge on any atom is -0.370 e. The van der Waals surface area contributed by atoms with Crippen molar-refractivity contribution in [2.45, 2.75) is 19.0 Å². The van der Waals surface area contributed by atoms with E-state index in [-0.39, 0.29) is 23.4 Å². The molecule has 1 N–H and O–H groups in total. The molecule has 0 radical (unpaired) electrons. The summed E-state index contributed by atoms with van der Waals surface area (Å²) in [4.78, 5) is 1.96. The minimum atomic E-state index is -2.91. The van der Waals surface area contributed by atoms with E-state index in [2.05, 4.69) is 5.32 Å². The van der Waals surface area contributed by atoms with Gasteiger partial charge in [-0.2, -0.15) is 0 Å². The van der Waals surface area contributed by atoms with Crippen LogP contribution in [0.1, 0.15) is 12.0 Å². The van der Waals surface area contributed by atoms with Crippen LogP contribution in [0.2, 0.25) is 0 Å². The predicted octanol–water partition coefficient (Wildman–Crippen LogP) is 1.17. The maximum absolute atomic E-state index is 13.3. The summed E-state index contributed by atoms with van der Waals surface area (Å²) in [5.74, 6) is 0.145. The van der Waals surface area contributed by atoms with Gasteiger partial charge in [-0.3, -0.25) is 0 Å². The second-order valence-corrected chi connectivity index (χ2v) is 7.20. The van der Waals surface area contributed by atoms with Crippen LogP contribution in [0.3, 0.4) is 0 Å². The molecule has 19 heavy (non-hydrogen) atoms. The van der Waals surface area contributed by atoms with Crippen molar-refractivity contribution in [1.82, 2.24) is 5.32 Å². The van der Waals surface area contributed by atoms with Crippen LogP contribution in [-0.4, -0.2) is 40.1 Å². The zero-order valence-corrected chi connectivity index (χ0v) is 12.0. The van der Waals surface area contributed by atoms with Crippen LogP contribution in [0.4, 0.5) is 10.1 Å². The first-order valence-electron chi connectivity index (χ1n) is 6.29. The van der Waals surface area contributed by atoms with E-state index in [0.29, 0.717) is 13.0 Å². The van der Waals surface area contributed by atoms with E-state index in [9.17, 15) is 12.8 Å². The topological polar surface area (TPSA) is 49.4 Å². The quantitative estimate of drug-likeness (QED) is 0.902. The molecule has 1 aliphatic heterocycles. The van der Waals surface area contributed by atoms with Crippen molar-refractivity contribution >= 4 is 15.5 Å². The van der Waals surface area contributed by atoms with Gasteiger partial charge in [0.2, 0.25) is 0 Å². The molecule has 1 heterocycles. The molecule has 0 saturated carbocycles. The summed E-state index contributed by atoms with van der Waals surface area (Å²) >= 11 is 0. The third-order valence-electron chi connectivity index (χ3n) is 3.54. The Hall–Kier alpha value is -1.14. The van der Waals surface area contributed by atoms with Crippen molar-refractivity contribution in [2.75, 3.05) is 30.5 Å². The summed E-state index contributed by atoms with van der Waals surface area (Å²) in [6.45, 7) is 0.552. The SMILES string of the molecule is CNCc1cc(F)ccc1N(C)C1CCS(=O)(=O)C1. The van der Waals surface area contributed by atoms with Gasteiger partial charge in [0.15, 0.2) is 9.84 Å². The van der Waals surface area contributed by atoms with E-state index in [4.69, 9.17) is 0 Å². The molecule has 0 bridgehead atoms. The maximum Gasteiger partial charge on any atom is 0.152 e. The molecular weight excluding hydrogens is 267 g/mol. The van der Waals surface area contributed by atoms with Crippen LogP contribution in [0.5, 0.6) is 0 Å². The normalized spacial score (nSPS) is 21.5. The number of hydrogen-bond acceptors (Lipinski definition) is 4. The van der Waals surface area contributed by atoms with Gasteiger partial charge in [-0.1, -0.05) is 0 Å². The highest BCUT2D eigenvalue weighted by atomic mass is 32.2. The van der Waals surface area contributed by atoms with Crippen LogP contribution in [0.15, 0.2) is 18.2 Å². The van der Waals surface area contributed by atoms with E-state index >= 15 is 0 Å². The average Bonchev–Trinajstić information content (AvgIpc) is 2.70. The second kappa shape index (κ2) is 5.46. The molecule has 106 valence electrons. The number of nitrogens with one attached hydrogen (secondary N) is 1. The number of anilines is 1. The Morgan fingerprint density at radius 2 is 2.21 bits per heavy atom. The fourth-order valence-electron chi connectivity index (χ4n) is 2.51. The predicted molar refractivity (Wildman–Crippen MR) is 74.6 cm³/mol. The fraction of sp³-hybridized carbons (Fsp3) is 0.538. The van der Waals surface area contributed by atoms with E-state index in [1.807, 2.05) is 11.9 Å². The van der Waals surface area contributed by atoms with Gasteiger partial charge in [0, 0.05) is 25.3 Å². The maximum atomic E-state index is 13.3. The monoisotopic (exact) mass is 286 g/mol. The Bertz CT molecular complexity index is 560. The van der Waals surface area contributed by atoms with Gasteiger partial charge in [0.05, 0.1) is 11.5 Å². The Morgan fingerprint density at radius 3 is 2.79 bits per heavy atom. The number of sulfone groups is 1. The third kappa shape index (κ3) is 3.25. The lowest BCUT2D eigenvalue weighted by atomic mass is 10.1. The summed E-state index contributed by atoms with van der Waals surface area (Å²) < 4.78 is 36.4. The summed E-state index contributed by atoms with van der Waals surface area (Å²) in [6, 6.07) is 4.60. The standard InChI is InChI=1S/C13H19FN2O2S/c1-15-8-10-7-11(14)3-4-13(10)16(2)12-5-6-19(17,18)9-12/h3-4,7,12,15H,5-6,8-9H2,1-2H3. The highest BCUT2D eigenvalue weighted by Gasteiger charge is 2.31. The molecule has 1 saturated heterocycles. The van der Waals surface area contributed by atoms with Gasteiger partial charge in [-0.05, 0) is 37.2 Å². The second-order valence-electron chi connectivity index (χ2n) is 4.97. The van der Waals surface area contributed by atoms with Crippen molar-refractivity contribution in [3.63, 3.8) is 0 Å². The number of halogens is 1. The average molecular weight is 286 g/mol. The van der Waals surface area contributed by atoms with Crippen LogP contribution in [0.25, 0.3) is 0 Å². The van der Waals surface area contributed by atoms with Crippen molar-refractivity contribution < 1.29 is 12.8 Å². The number of hydrogen-bond donors (Lipinski definition) is 1. The van der Waals surface area contributed by atoms with Gasteiger partial charge in [0.1, 0.15) is 5.82 Å². The molecule has 1 aromatic rings. The number of nitrogens with zero attached hydrogens (tertiary/aromatic N) is 1. The molecule has 0 spiro atoms. The van der Waals surface area contributed by atoms with Crippen molar-refractivity contribution in [3.8, 4) is 0 Å². The van der Waals surface area contributed by atoms with Crippen LogP contribution < -0.4 is 10.2 Å². The van der Waals surface area contributed by atoms with E-state index < -0.39 is 9.84 Å².